The van der Waals surface area contributed by atoms with Crippen molar-refractivity contribution < 1.29 is 9.53 Å². The molecule has 1 saturated carbocycles. The van der Waals surface area contributed by atoms with E-state index in [-0.39, 0.29) is 12.1 Å². The van der Waals surface area contributed by atoms with E-state index < -0.39 is 0 Å². The number of thiol groups is 1. The van der Waals surface area contributed by atoms with Crippen LogP contribution in [0.4, 0.5) is 0 Å². The highest BCUT2D eigenvalue weighted by Gasteiger charge is 2.35. The summed E-state index contributed by atoms with van der Waals surface area (Å²) < 4.78 is 5.81. The third-order valence-electron chi connectivity index (χ3n) is 4.39. The molecule has 0 aliphatic heterocycles. The van der Waals surface area contributed by atoms with E-state index in [0.717, 1.165) is 12.8 Å². The van der Waals surface area contributed by atoms with Gasteiger partial charge in [-0.05, 0) is 36.8 Å². The highest BCUT2D eigenvalue weighted by molar-refractivity contribution is 7.80. The second-order valence-corrected chi connectivity index (χ2v) is 6.67. The lowest BCUT2D eigenvalue weighted by Crippen LogP contribution is -2.38. The summed E-state index contributed by atoms with van der Waals surface area (Å²) >= 11 is 4.34. The predicted octanol–water partition coefficient (Wildman–Crippen LogP) is 4.59. The Balaban J connectivity index is 2.11. The topological polar surface area (TPSA) is 26.3 Å². The fraction of sp³-hybridized carbons (Fsp3) is 0.588. The van der Waals surface area contributed by atoms with Crippen LogP contribution in [0.25, 0.3) is 0 Å². The van der Waals surface area contributed by atoms with Gasteiger partial charge in [-0.3, -0.25) is 0 Å². The van der Waals surface area contributed by atoms with Gasteiger partial charge in [0, 0.05) is 10.8 Å². The van der Waals surface area contributed by atoms with Crippen molar-refractivity contribution in [2.24, 2.45) is 17.8 Å². The SMILES string of the molecule is CC(C)C1C(C)CCCC1OC(=O)c1ccccc1S. The smallest absolute Gasteiger partial charge is 0.339 e. The lowest BCUT2D eigenvalue weighted by Gasteiger charge is -2.38. The van der Waals surface area contributed by atoms with E-state index in [1.54, 1.807) is 6.07 Å². The molecular weight excluding hydrogens is 268 g/mol. The molecule has 0 amide bonds. The molecule has 1 aliphatic carbocycles. The standard InChI is InChI=1S/C17H24O2S/c1-11(2)16-12(3)7-6-9-14(16)19-17(18)13-8-4-5-10-15(13)20/h4-5,8,10-12,14,16,20H,6-7,9H2,1-3H3. The van der Waals surface area contributed by atoms with Gasteiger partial charge >= 0.3 is 5.97 Å². The summed E-state index contributed by atoms with van der Waals surface area (Å²) in [6.07, 6.45) is 3.40. The number of esters is 1. The van der Waals surface area contributed by atoms with E-state index in [9.17, 15) is 4.79 Å². The molecule has 2 rings (SSSR count). The van der Waals surface area contributed by atoms with Gasteiger partial charge in [0.1, 0.15) is 6.10 Å². The zero-order valence-corrected chi connectivity index (χ0v) is 13.4. The molecule has 2 nitrogen and oxygen atoms in total. The predicted molar refractivity (Wildman–Crippen MR) is 84.2 cm³/mol. The number of rotatable bonds is 3. The van der Waals surface area contributed by atoms with Crippen LogP contribution in [0.5, 0.6) is 0 Å². The molecule has 0 radical (unpaired) electrons. The summed E-state index contributed by atoms with van der Waals surface area (Å²) in [6.45, 7) is 6.72. The van der Waals surface area contributed by atoms with Crippen molar-refractivity contribution in [3.63, 3.8) is 0 Å². The molecule has 1 fully saturated rings. The molecule has 0 saturated heterocycles. The van der Waals surface area contributed by atoms with Gasteiger partial charge in [-0.15, -0.1) is 12.6 Å². The van der Waals surface area contributed by atoms with Gasteiger partial charge in [0.2, 0.25) is 0 Å². The van der Waals surface area contributed by atoms with E-state index in [4.69, 9.17) is 4.74 Å². The number of hydrogen-bond acceptors (Lipinski definition) is 3. The molecular formula is C17H24O2S. The van der Waals surface area contributed by atoms with E-state index in [0.29, 0.717) is 28.2 Å². The van der Waals surface area contributed by atoms with Crippen LogP contribution in [0.3, 0.4) is 0 Å². The van der Waals surface area contributed by atoms with Crippen LogP contribution in [0.1, 0.15) is 50.4 Å². The first kappa shape index (κ1) is 15.4. The molecule has 1 aromatic rings. The fourth-order valence-corrected chi connectivity index (χ4v) is 3.72. The van der Waals surface area contributed by atoms with Gasteiger partial charge in [0.05, 0.1) is 5.56 Å². The van der Waals surface area contributed by atoms with Gasteiger partial charge in [0.25, 0.3) is 0 Å². The minimum Gasteiger partial charge on any atom is -0.458 e. The summed E-state index contributed by atoms with van der Waals surface area (Å²) in [7, 11) is 0. The Hall–Kier alpha value is -0.960. The molecule has 0 bridgehead atoms. The summed E-state index contributed by atoms with van der Waals surface area (Å²) in [5.74, 6) is 1.38. The maximum absolute atomic E-state index is 12.3. The van der Waals surface area contributed by atoms with Crippen LogP contribution < -0.4 is 0 Å². The van der Waals surface area contributed by atoms with Crippen molar-refractivity contribution in [2.75, 3.05) is 0 Å². The molecule has 3 heteroatoms. The van der Waals surface area contributed by atoms with Gasteiger partial charge in [0.15, 0.2) is 0 Å². The van der Waals surface area contributed by atoms with Gasteiger partial charge < -0.3 is 4.74 Å². The van der Waals surface area contributed by atoms with Crippen LogP contribution in [0.2, 0.25) is 0 Å². The average Bonchev–Trinajstić information content (AvgIpc) is 2.38. The first-order chi connectivity index (χ1) is 9.50. The molecule has 0 heterocycles. The third-order valence-corrected chi connectivity index (χ3v) is 4.78. The summed E-state index contributed by atoms with van der Waals surface area (Å²) in [5, 5.41) is 0. The largest absolute Gasteiger partial charge is 0.458 e. The number of ether oxygens (including phenoxy) is 1. The van der Waals surface area contributed by atoms with E-state index >= 15 is 0 Å². The highest BCUT2D eigenvalue weighted by atomic mass is 32.1. The van der Waals surface area contributed by atoms with Gasteiger partial charge in [-0.25, -0.2) is 4.79 Å². The Morgan fingerprint density at radius 2 is 2.00 bits per heavy atom. The summed E-state index contributed by atoms with van der Waals surface area (Å²) in [6, 6.07) is 7.32. The number of carbonyl (C=O) groups is 1. The molecule has 0 spiro atoms. The van der Waals surface area contributed by atoms with Gasteiger partial charge in [-0.2, -0.15) is 0 Å². The zero-order valence-electron chi connectivity index (χ0n) is 12.5. The minimum absolute atomic E-state index is 0.0409. The zero-order chi connectivity index (χ0) is 14.7. The fourth-order valence-electron chi connectivity index (χ4n) is 3.46. The molecule has 0 aromatic heterocycles. The maximum atomic E-state index is 12.3. The van der Waals surface area contributed by atoms with Crippen molar-refractivity contribution >= 4 is 18.6 Å². The number of benzene rings is 1. The summed E-state index contributed by atoms with van der Waals surface area (Å²) in [4.78, 5) is 13.0. The van der Waals surface area contributed by atoms with Crippen LogP contribution in [-0.2, 0) is 4.74 Å². The Morgan fingerprint density at radius 3 is 2.65 bits per heavy atom. The molecule has 0 N–H and O–H groups in total. The van der Waals surface area contributed by atoms with Crippen LogP contribution in [-0.4, -0.2) is 12.1 Å². The Morgan fingerprint density at radius 1 is 1.30 bits per heavy atom. The number of hydrogen-bond donors (Lipinski definition) is 1. The van der Waals surface area contributed by atoms with Crippen LogP contribution in [0, 0.1) is 17.8 Å². The third kappa shape index (κ3) is 3.38. The van der Waals surface area contributed by atoms with E-state index in [2.05, 4.69) is 33.4 Å². The molecule has 110 valence electrons. The first-order valence-corrected chi connectivity index (χ1v) is 7.94. The summed E-state index contributed by atoms with van der Waals surface area (Å²) in [5.41, 5.74) is 0.566. The van der Waals surface area contributed by atoms with Crippen molar-refractivity contribution in [3.05, 3.63) is 29.8 Å². The second kappa shape index (κ2) is 6.66. The molecule has 3 atom stereocenters. The maximum Gasteiger partial charge on any atom is 0.339 e. The van der Waals surface area contributed by atoms with E-state index in [1.165, 1.54) is 6.42 Å². The van der Waals surface area contributed by atoms with Crippen LogP contribution >= 0.6 is 12.6 Å². The minimum atomic E-state index is -0.236. The molecule has 3 unspecified atom stereocenters. The second-order valence-electron chi connectivity index (χ2n) is 6.19. The molecule has 20 heavy (non-hydrogen) atoms. The number of carbonyl (C=O) groups excluding carboxylic acids is 1. The van der Waals surface area contributed by atoms with Crippen molar-refractivity contribution in [1.82, 2.24) is 0 Å². The monoisotopic (exact) mass is 292 g/mol. The normalized spacial score (nSPS) is 26.6. The van der Waals surface area contributed by atoms with Gasteiger partial charge in [-0.1, -0.05) is 39.3 Å². The molecule has 1 aromatic carbocycles. The van der Waals surface area contributed by atoms with Crippen molar-refractivity contribution in [1.29, 1.82) is 0 Å². The van der Waals surface area contributed by atoms with E-state index in [1.807, 2.05) is 18.2 Å². The van der Waals surface area contributed by atoms with Crippen LogP contribution in [0.15, 0.2) is 29.2 Å². The first-order valence-electron chi connectivity index (χ1n) is 7.49. The average molecular weight is 292 g/mol. The van der Waals surface area contributed by atoms with Crippen molar-refractivity contribution in [3.8, 4) is 0 Å². The Bertz CT molecular complexity index is 470. The Labute approximate surface area is 127 Å². The molecule has 1 aliphatic rings. The quantitative estimate of drug-likeness (QED) is 0.651. The van der Waals surface area contributed by atoms with Crippen molar-refractivity contribution in [2.45, 2.75) is 51.0 Å². The lowest BCUT2D eigenvalue weighted by molar-refractivity contribution is -0.0244. The lowest BCUT2D eigenvalue weighted by atomic mass is 9.72. The highest BCUT2D eigenvalue weighted by Crippen LogP contribution is 2.37. The Kier molecular flexibility index (Phi) is 5.14.